The number of aliphatic imine (C=N–C) groups is 1. The van der Waals surface area contributed by atoms with Crippen molar-refractivity contribution in [1.82, 2.24) is 5.32 Å². The summed E-state index contributed by atoms with van der Waals surface area (Å²) in [6, 6.07) is 5.20. The van der Waals surface area contributed by atoms with Gasteiger partial charge in [-0.2, -0.15) is 0 Å². The number of phenolic OH excluding ortho intramolecular Hbond substituents is 1. The van der Waals surface area contributed by atoms with Crippen LogP contribution in [0.25, 0.3) is 0 Å². The average Bonchev–Trinajstić information content (AvgIpc) is 2.47. The third kappa shape index (κ3) is 3.62. The molecule has 2 N–H and O–H groups in total. The average molecular weight is 306 g/mol. The Morgan fingerprint density at radius 1 is 1.32 bits per heavy atom. The number of benzene rings is 1. The smallest absolute Gasteiger partial charge is 0.341 e. The molecule has 0 fully saturated rings. The number of urea groups is 1. The number of carbonyl (C=O) groups excluding carboxylic acids is 2. The molecule has 1 aromatic carbocycles. The van der Waals surface area contributed by atoms with E-state index in [2.05, 4.69) is 10.3 Å². The zero-order chi connectivity index (χ0) is 16.1. The van der Waals surface area contributed by atoms with Crippen molar-refractivity contribution < 1.29 is 24.2 Å². The quantitative estimate of drug-likeness (QED) is 0.633. The van der Waals surface area contributed by atoms with E-state index in [1.807, 2.05) is 0 Å². The lowest BCUT2D eigenvalue weighted by Crippen LogP contribution is -2.44. The number of nitrogens with zero attached hydrogens (tertiary/aromatic N) is 1. The van der Waals surface area contributed by atoms with E-state index in [0.29, 0.717) is 17.9 Å². The number of carbonyl (C=O) groups is 2. The fourth-order valence-corrected chi connectivity index (χ4v) is 2.30. The molecule has 7 nitrogen and oxygen atoms in total. The van der Waals surface area contributed by atoms with E-state index >= 15 is 0 Å². The van der Waals surface area contributed by atoms with Crippen LogP contribution in [-0.4, -0.2) is 43.1 Å². The van der Waals surface area contributed by atoms with E-state index < -0.39 is 24.0 Å². The molecular weight excluding hydrogens is 288 g/mol. The lowest BCUT2D eigenvalue weighted by Gasteiger charge is -2.29. The highest BCUT2D eigenvalue weighted by molar-refractivity contribution is 6.08. The van der Waals surface area contributed by atoms with Crippen LogP contribution in [0.4, 0.5) is 4.79 Å². The van der Waals surface area contributed by atoms with Crippen molar-refractivity contribution in [2.24, 2.45) is 10.9 Å². The summed E-state index contributed by atoms with van der Waals surface area (Å²) in [5.41, 5.74) is 1.08. The molecule has 0 saturated heterocycles. The van der Waals surface area contributed by atoms with Gasteiger partial charge in [-0.05, 0) is 24.6 Å². The third-order valence-electron chi connectivity index (χ3n) is 3.38. The lowest BCUT2D eigenvalue weighted by atomic mass is 9.88. The molecular formula is C15H18N2O5. The largest absolute Gasteiger partial charge is 0.508 e. The van der Waals surface area contributed by atoms with Crippen molar-refractivity contribution in [2.45, 2.75) is 13.0 Å². The number of nitrogens with one attached hydrogen (secondary N) is 1. The molecule has 7 heteroatoms. The third-order valence-corrected chi connectivity index (χ3v) is 3.38. The first-order valence-corrected chi connectivity index (χ1v) is 6.83. The zero-order valence-corrected chi connectivity index (χ0v) is 12.4. The highest BCUT2D eigenvalue weighted by Crippen LogP contribution is 2.29. The molecule has 1 aromatic rings. The summed E-state index contributed by atoms with van der Waals surface area (Å²) >= 11 is 0. The normalized spacial score (nSPS) is 21.0. The van der Waals surface area contributed by atoms with Crippen molar-refractivity contribution in [1.29, 1.82) is 0 Å². The van der Waals surface area contributed by atoms with Crippen molar-refractivity contribution in [2.75, 3.05) is 20.3 Å². The van der Waals surface area contributed by atoms with E-state index in [9.17, 15) is 14.7 Å². The Morgan fingerprint density at radius 2 is 2.00 bits per heavy atom. The highest BCUT2D eigenvalue weighted by Gasteiger charge is 2.37. The molecule has 1 aliphatic rings. The van der Waals surface area contributed by atoms with Crippen molar-refractivity contribution >= 4 is 17.7 Å². The number of aromatic hydroxyl groups is 1. The minimum atomic E-state index is -0.709. The van der Waals surface area contributed by atoms with Crippen LogP contribution in [0.1, 0.15) is 18.5 Å². The molecule has 1 aliphatic heterocycles. The summed E-state index contributed by atoms with van der Waals surface area (Å²) in [7, 11) is 1.51. The van der Waals surface area contributed by atoms with E-state index in [-0.39, 0.29) is 12.4 Å². The van der Waals surface area contributed by atoms with E-state index in [4.69, 9.17) is 9.47 Å². The van der Waals surface area contributed by atoms with Crippen LogP contribution >= 0.6 is 0 Å². The van der Waals surface area contributed by atoms with Gasteiger partial charge < -0.3 is 19.9 Å². The topological polar surface area (TPSA) is 97.2 Å². The van der Waals surface area contributed by atoms with E-state index in [1.54, 1.807) is 19.1 Å². The Morgan fingerprint density at radius 3 is 2.64 bits per heavy atom. The number of ether oxygens (including phenoxy) is 2. The minimum absolute atomic E-state index is 0.107. The summed E-state index contributed by atoms with van der Waals surface area (Å²) in [4.78, 5) is 27.7. The molecule has 0 saturated carbocycles. The second-order valence-corrected chi connectivity index (χ2v) is 4.91. The molecule has 22 heavy (non-hydrogen) atoms. The number of hydrogen-bond acceptors (Lipinski definition) is 5. The molecule has 0 aliphatic carbocycles. The van der Waals surface area contributed by atoms with Crippen LogP contribution < -0.4 is 5.32 Å². The summed E-state index contributed by atoms with van der Waals surface area (Å²) in [6.07, 6.45) is 0. The van der Waals surface area contributed by atoms with Gasteiger partial charge >= 0.3 is 12.0 Å². The van der Waals surface area contributed by atoms with Gasteiger partial charge in [-0.1, -0.05) is 12.1 Å². The number of amides is 2. The fraction of sp³-hybridized carbons (Fsp3) is 0.400. The van der Waals surface area contributed by atoms with Gasteiger partial charge in [0.25, 0.3) is 0 Å². The second-order valence-electron chi connectivity index (χ2n) is 4.91. The number of esters is 1. The maximum Gasteiger partial charge on any atom is 0.341 e. The van der Waals surface area contributed by atoms with Gasteiger partial charge in [0.05, 0.1) is 12.6 Å². The van der Waals surface area contributed by atoms with E-state index in [0.717, 1.165) is 0 Å². The summed E-state index contributed by atoms with van der Waals surface area (Å²) < 4.78 is 10.0. The molecule has 2 atom stereocenters. The fourth-order valence-electron chi connectivity index (χ4n) is 2.30. The first-order valence-electron chi connectivity index (χ1n) is 6.83. The summed E-state index contributed by atoms with van der Waals surface area (Å²) in [5, 5.41) is 12.0. The number of phenols is 1. The minimum Gasteiger partial charge on any atom is -0.508 e. The Hall–Kier alpha value is -2.41. The van der Waals surface area contributed by atoms with Gasteiger partial charge in [0, 0.05) is 12.8 Å². The molecule has 0 radical (unpaired) electrons. The summed E-state index contributed by atoms with van der Waals surface area (Å²) in [5.74, 6) is -1.08. The van der Waals surface area contributed by atoms with Crippen LogP contribution in [-0.2, 0) is 14.3 Å². The number of methoxy groups -OCH3 is 1. The van der Waals surface area contributed by atoms with Crippen LogP contribution in [0.3, 0.4) is 0 Å². The molecule has 0 aromatic heterocycles. The Bertz CT molecular complexity index is 582. The summed E-state index contributed by atoms with van der Waals surface area (Å²) in [6.45, 7) is 2.05. The number of hydrogen-bond donors (Lipinski definition) is 2. The Labute approximate surface area is 127 Å². The molecule has 118 valence electrons. The lowest BCUT2D eigenvalue weighted by molar-refractivity contribution is -0.148. The number of rotatable bonds is 5. The van der Waals surface area contributed by atoms with Gasteiger partial charge in [-0.3, -0.25) is 4.79 Å². The molecule has 1 heterocycles. The standard InChI is InChI=1S/C15H18N2O5/c1-9-12(14(19)22-8-7-21-2)13(17-15(20)16-9)10-3-5-11(18)6-4-10/h3-6,12-13,18H,7-8H2,1-2H3,(H,17,20). The Kier molecular flexibility index (Phi) is 5.11. The monoisotopic (exact) mass is 306 g/mol. The molecule has 2 unspecified atom stereocenters. The van der Waals surface area contributed by atoms with Gasteiger partial charge in [0.15, 0.2) is 0 Å². The SMILES string of the molecule is COCCOC(=O)C1C(C)=NC(=O)NC1c1ccc(O)cc1. The van der Waals surface area contributed by atoms with Gasteiger partial charge in [-0.15, -0.1) is 0 Å². The van der Waals surface area contributed by atoms with Crippen LogP contribution in [0.15, 0.2) is 29.3 Å². The van der Waals surface area contributed by atoms with Gasteiger partial charge in [0.2, 0.25) is 0 Å². The van der Waals surface area contributed by atoms with Gasteiger partial charge in [0.1, 0.15) is 18.3 Å². The highest BCUT2D eigenvalue weighted by atomic mass is 16.6. The van der Waals surface area contributed by atoms with E-state index in [1.165, 1.54) is 19.2 Å². The van der Waals surface area contributed by atoms with Crippen molar-refractivity contribution in [3.05, 3.63) is 29.8 Å². The molecule has 2 rings (SSSR count). The molecule has 0 spiro atoms. The first-order chi connectivity index (χ1) is 10.5. The van der Waals surface area contributed by atoms with Crippen LogP contribution in [0.2, 0.25) is 0 Å². The molecule has 0 bridgehead atoms. The maximum atomic E-state index is 12.3. The predicted octanol–water partition coefficient (Wildman–Crippen LogP) is 1.42. The zero-order valence-electron chi connectivity index (χ0n) is 12.4. The molecule has 2 amide bonds. The first kappa shape index (κ1) is 16.0. The Balaban J connectivity index is 2.24. The van der Waals surface area contributed by atoms with Crippen LogP contribution in [0.5, 0.6) is 5.75 Å². The maximum absolute atomic E-state index is 12.3. The van der Waals surface area contributed by atoms with Gasteiger partial charge in [-0.25, -0.2) is 9.79 Å². The van der Waals surface area contributed by atoms with Crippen molar-refractivity contribution in [3.63, 3.8) is 0 Å². The van der Waals surface area contributed by atoms with Crippen LogP contribution in [0, 0.1) is 5.92 Å². The van der Waals surface area contributed by atoms with Crippen molar-refractivity contribution in [3.8, 4) is 5.75 Å². The second kappa shape index (κ2) is 7.04. The predicted molar refractivity (Wildman–Crippen MR) is 78.8 cm³/mol.